The van der Waals surface area contributed by atoms with Crippen LogP contribution in [0.2, 0.25) is 0 Å². The molecule has 0 radical (unpaired) electrons. The zero-order valence-corrected chi connectivity index (χ0v) is 46.0. The standard InChI is InChI=1S/C72H61BN2S2/c1-68(2,3)44-18-20-58(51(27-44)41-14-8-5-9-15-41)74-60-32-65-64(76-62-16-10-11-17-63(62)77-65)31-57(60)73-66-53(23-42(24-61(66)74)40-12-6-4-7-13-40)55-30-46(69-35-49-25-47-26-50(36-69)72(47,49)39-69)29-54-52-28-45(19-21-59(52)75(73)67(54)55)70-34-48-22-43-33-71(48,38-70)56(43)37-70/h4-21,23-24,27-32,43,47-50,56H,22,25-26,33-39H2,1-3H3. The lowest BCUT2D eigenvalue weighted by Crippen LogP contribution is -2.59. The Morgan fingerprint density at radius 2 is 1.22 bits per heavy atom. The molecule has 1 aromatic heterocycles. The molecular formula is C72H61BN2S2. The molecule has 9 fully saturated rings. The molecule has 3 aliphatic heterocycles. The molecule has 9 saturated carbocycles. The van der Waals surface area contributed by atoms with Crippen molar-refractivity contribution in [2.75, 3.05) is 4.90 Å². The number of hydrogen-bond donors (Lipinski definition) is 0. The van der Waals surface area contributed by atoms with E-state index in [4.69, 9.17) is 0 Å². The lowest BCUT2D eigenvalue weighted by molar-refractivity contribution is -0.175. The fourth-order valence-corrected chi connectivity index (χ4v) is 23.5. The number of fused-ring (bicyclic) bond motifs is 11. The molecule has 5 bridgehead atoms. The maximum Gasteiger partial charge on any atom is 0.333 e. The summed E-state index contributed by atoms with van der Waals surface area (Å²) in [7, 11) is 0. The molecule has 2 nitrogen and oxygen atoms in total. The molecule has 9 aromatic rings. The number of hydrogen-bond acceptors (Lipinski definition) is 3. The molecule has 12 aliphatic rings. The first-order valence-electron chi connectivity index (χ1n) is 29.6. The Balaban J connectivity index is 0.904. The van der Waals surface area contributed by atoms with Crippen LogP contribution in [0.3, 0.4) is 0 Å². The number of aromatic nitrogens is 1. The highest BCUT2D eigenvalue weighted by Crippen LogP contribution is 2.85. The van der Waals surface area contributed by atoms with Gasteiger partial charge in [-0.15, -0.1) is 0 Å². The van der Waals surface area contributed by atoms with Gasteiger partial charge in [0.25, 0.3) is 0 Å². The van der Waals surface area contributed by atoms with Crippen molar-refractivity contribution < 1.29 is 0 Å². The van der Waals surface area contributed by atoms with Crippen LogP contribution < -0.4 is 15.8 Å². The zero-order valence-electron chi connectivity index (χ0n) is 44.3. The molecule has 0 N–H and O–H groups in total. The predicted octanol–water partition coefficient (Wildman–Crippen LogP) is 17.6. The van der Waals surface area contributed by atoms with Crippen LogP contribution >= 0.6 is 23.5 Å². The highest BCUT2D eigenvalue weighted by atomic mass is 32.2. The molecule has 8 aromatic carbocycles. The van der Waals surface area contributed by atoms with Crippen LogP contribution in [-0.2, 0) is 16.2 Å². The van der Waals surface area contributed by atoms with Crippen molar-refractivity contribution >= 4 is 80.2 Å². The molecule has 9 aliphatic carbocycles. The van der Waals surface area contributed by atoms with Crippen molar-refractivity contribution in [1.29, 1.82) is 0 Å². The quantitative estimate of drug-likeness (QED) is 0.159. The Hall–Kier alpha value is -5.88. The molecule has 5 heteroatoms. The van der Waals surface area contributed by atoms with E-state index in [9.17, 15) is 0 Å². The largest absolute Gasteiger partial charge is 0.375 e. The Morgan fingerprint density at radius 3 is 1.95 bits per heavy atom. The first-order valence-corrected chi connectivity index (χ1v) is 31.2. The topological polar surface area (TPSA) is 8.17 Å². The Labute approximate surface area is 461 Å². The third-order valence-corrected chi connectivity index (χ3v) is 26.7. The molecule has 77 heavy (non-hydrogen) atoms. The summed E-state index contributed by atoms with van der Waals surface area (Å²) in [6.45, 7) is 7.07. The average Bonchev–Trinajstić information content (AvgIpc) is 4.04. The van der Waals surface area contributed by atoms with E-state index in [-0.39, 0.29) is 17.7 Å². The van der Waals surface area contributed by atoms with Crippen LogP contribution in [0.15, 0.2) is 177 Å². The van der Waals surface area contributed by atoms with Crippen LogP contribution in [-0.4, -0.2) is 11.3 Å². The SMILES string of the molecule is CC(C)(C)c1ccc(N2c3cc4c(cc3B3c5c(cc(-c6ccccc6)cc52)-c2cc(C56CC7CC8CC(C5)C87C6)cc5c6cc(C78CC9CC%10CC9(C7)C%10C8)ccc6n3c25)Sc2ccccc2S4)c(-c2ccccc2)c1. The van der Waals surface area contributed by atoms with Crippen LogP contribution in [0.5, 0.6) is 0 Å². The van der Waals surface area contributed by atoms with Crippen LogP contribution in [0.4, 0.5) is 17.1 Å². The van der Waals surface area contributed by atoms with E-state index >= 15 is 0 Å². The fraction of sp³-hybridized carbons (Fsp3) is 0.333. The van der Waals surface area contributed by atoms with Crippen molar-refractivity contribution in [2.24, 2.45) is 46.3 Å². The second-order valence-corrected chi connectivity index (χ2v) is 30.2. The van der Waals surface area contributed by atoms with Gasteiger partial charge in [-0.1, -0.05) is 129 Å². The monoisotopic (exact) mass is 1030 g/mol. The second kappa shape index (κ2) is 13.9. The summed E-state index contributed by atoms with van der Waals surface area (Å²) in [5.74, 6) is 5.79. The van der Waals surface area contributed by atoms with Crippen molar-refractivity contribution in [2.45, 2.75) is 121 Å². The van der Waals surface area contributed by atoms with E-state index in [1.54, 1.807) is 11.1 Å². The van der Waals surface area contributed by atoms with Gasteiger partial charge in [0.1, 0.15) is 0 Å². The minimum Gasteiger partial charge on any atom is -0.375 e. The molecule has 0 amide bonds. The third kappa shape index (κ3) is 5.12. The number of rotatable bonds is 5. The minimum absolute atomic E-state index is 0.0178. The van der Waals surface area contributed by atoms with Crippen molar-refractivity contribution in [3.63, 3.8) is 0 Å². The third-order valence-electron chi connectivity index (χ3n) is 24.2. The second-order valence-electron chi connectivity index (χ2n) is 28.1. The molecule has 4 heterocycles. The van der Waals surface area contributed by atoms with Crippen LogP contribution in [0, 0.1) is 46.3 Å². The van der Waals surface area contributed by atoms with Gasteiger partial charge in [-0.25, -0.2) is 0 Å². The van der Waals surface area contributed by atoms with Gasteiger partial charge in [-0.2, -0.15) is 0 Å². The van der Waals surface area contributed by atoms with Gasteiger partial charge >= 0.3 is 6.85 Å². The van der Waals surface area contributed by atoms with Gasteiger partial charge in [-0.05, 0) is 249 Å². The van der Waals surface area contributed by atoms with Gasteiger partial charge < -0.3 is 9.38 Å². The van der Waals surface area contributed by atoms with Gasteiger partial charge in [0.2, 0.25) is 0 Å². The number of nitrogens with zero attached hydrogens (tertiary/aromatic N) is 2. The summed E-state index contributed by atoms with van der Waals surface area (Å²) in [5, 5.41) is 3.03. The lowest BCUT2D eigenvalue weighted by atomic mass is 9.38. The van der Waals surface area contributed by atoms with E-state index in [1.165, 1.54) is 173 Å². The maximum atomic E-state index is 2.91. The molecule has 0 saturated heterocycles. The molecular weight excluding hydrogens is 968 g/mol. The summed E-state index contributed by atoms with van der Waals surface area (Å²) in [6.07, 6.45) is 14.5. The minimum atomic E-state index is -0.0210. The lowest BCUT2D eigenvalue weighted by Gasteiger charge is -2.66. The first-order chi connectivity index (χ1) is 37.6. The smallest absolute Gasteiger partial charge is 0.333 e. The summed E-state index contributed by atoms with van der Waals surface area (Å²) in [5.41, 5.74) is 24.2. The zero-order chi connectivity index (χ0) is 50.3. The normalized spacial score (nSPS) is 31.9. The highest BCUT2D eigenvalue weighted by molar-refractivity contribution is 8.05. The molecule has 7 unspecified atom stereocenters. The van der Waals surface area contributed by atoms with E-state index in [1.807, 2.05) is 23.5 Å². The predicted molar refractivity (Wildman–Crippen MR) is 320 cm³/mol. The van der Waals surface area contributed by atoms with E-state index in [0.717, 1.165) is 35.5 Å². The van der Waals surface area contributed by atoms with Gasteiger partial charge in [0.15, 0.2) is 0 Å². The van der Waals surface area contributed by atoms with Crippen molar-refractivity contribution in [3.05, 3.63) is 174 Å². The molecule has 21 rings (SSSR count). The summed E-state index contributed by atoms with van der Waals surface area (Å²) < 4.78 is 2.91. The van der Waals surface area contributed by atoms with Crippen molar-refractivity contribution in [1.82, 2.24) is 4.48 Å². The van der Waals surface area contributed by atoms with Gasteiger partial charge in [0.05, 0.1) is 5.69 Å². The highest BCUT2D eigenvalue weighted by Gasteiger charge is 2.78. The van der Waals surface area contributed by atoms with E-state index in [2.05, 4.69) is 188 Å². The number of benzene rings is 8. The summed E-state index contributed by atoms with van der Waals surface area (Å²) in [4.78, 5) is 8.15. The van der Waals surface area contributed by atoms with Gasteiger partial charge in [-0.3, -0.25) is 0 Å². The summed E-state index contributed by atoms with van der Waals surface area (Å²) in [6, 6.07) is 63.4. The van der Waals surface area contributed by atoms with E-state index < -0.39 is 0 Å². The molecule has 2 spiro atoms. The Kier molecular flexibility index (Phi) is 7.79. The Bertz CT molecular complexity index is 4170. The van der Waals surface area contributed by atoms with E-state index in [0.29, 0.717) is 16.2 Å². The van der Waals surface area contributed by atoms with Gasteiger partial charge in [0, 0.05) is 63.9 Å². The first kappa shape index (κ1) is 43.1. The summed E-state index contributed by atoms with van der Waals surface area (Å²) >= 11 is 3.92. The fourth-order valence-electron chi connectivity index (χ4n) is 21.2. The Morgan fingerprint density at radius 1 is 0.506 bits per heavy atom. The maximum absolute atomic E-state index is 2.91. The van der Waals surface area contributed by atoms with Crippen LogP contribution in [0.25, 0.3) is 55.2 Å². The number of anilines is 3. The molecule has 7 atom stereocenters. The van der Waals surface area contributed by atoms with Crippen molar-refractivity contribution in [3.8, 4) is 33.4 Å². The average molecular weight is 1030 g/mol. The van der Waals surface area contributed by atoms with Crippen LogP contribution in [0.1, 0.15) is 102 Å². The molecule has 374 valence electrons.